The minimum Gasteiger partial charge on any atom is -0.308 e. The SMILES string of the molecule is Cn1ncc(Br)c1-c1cc(F)cc(NC(=O)Nc2ccc(C#N)cc2)c1. The predicted octanol–water partition coefficient (Wildman–Crippen LogP) is 4.50. The number of nitrogens with zero attached hydrogens (tertiary/aromatic N) is 3. The molecule has 0 saturated heterocycles. The maximum absolute atomic E-state index is 14.0. The van der Waals surface area contributed by atoms with Crippen LogP contribution in [0.2, 0.25) is 0 Å². The number of halogens is 2. The molecule has 0 bridgehead atoms. The highest BCUT2D eigenvalue weighted by Gasteiger charge is 2.12. The molecule has 0 aliphatic heterocycles. The maximum Gasteiger partial charge on any atom is 0.323 e. The summed E-state index contributed by atoms with van der Waals surface area (Å²) in [6.45, 7) is 0. The number of aryl methyl sites for hydroxylation is 1. The number of urea groups is 1. The Hall–Kier alpha value is -3.18. The minimum atomic E-state index is -0.518. The Bertz CT molecular complexity index is 988. The molecule has 3 aromatic rings. The lowest BCUT2D eigenvalue weighted by Crippen LogP contribution is -2.19. The number of amides is 2. The topological polar surface area (TPSA) is 82.7 Å². The van der Waals surface area contributed by atoms with E-state index < -0.39 is 11.8 Å². The van der Waals surface area contributed by atoms with Crippen LogP contribution in [0, 0.1) is 17.1 Å². The van der Waals surface area contributed by atoms with E-state index in [9.17, 15) is 9.18 Å². The molecular weight excluding hydrogens is 401 g/mol. The van der Waals surface area contributed by atoms with Crippen LogP contribution in [0.15, 0.2) is 53.1 Å². The summed E-state index contributed by atoms with van der Waals surface area (Å²) < 4.78 is 16.3. The third-order valence-electron chi connectivity index (χ3n) is 3.60. The van der Waals surface area contributed by atoms with Gasteiger partial charge in [-0.25, -0.2) is 9.18 Å². The Morgan fingerprint density at radius 2 is 1.88 bits per heavy atom. The standard InChI is InChI=1S/C18H13BrFN5O/c1-25-17(16(19)10-22-25)12-6-13(20)8-15(7-12)24-18(26)23-14-4-2-11(9-21)3-5-14/h2-8,10H,1H3,(H2,23,24,26). The van der Waals surface area contributed by atoms with Crippen LogP contribution >= 0.6 is 15.9 Å². The quantitative estimate of drug-likeness (QED) is 0.662. The number of anilines is 2. The van der Waals surface area contributed by atoms with Gasteiger partial charge in [0.2, 0.25) is 0 Å². The average molecular weight is 414 g/mol. The van der Waals surface area contributed by atoms with Crippen molar-refractivity contribution in [2.24, 2.45) is 7.05 Å². The summed E-state index contributed by atoms with van der Waals surface area (Å²) in [6, 6.07) is 12.1. The third kappa shape index (κ3) is 3.90. The third-order valence-corrected chi connectivity index (χ3v) is 4.18. The molecule has 26 heavy (non-hydrogen) atoms. The molecule has 1 heterocycles. The van der Waals surface area contributed by atoms with Crippen LogP contribution in [0.4, 0.5) is 20.6 Å². The van der Waals surface area contributed by atoms with Gasteiger partial charge in [-0.15, -0.1) is 0 Å². The van der Waals surface area contributed by atoms with E-state index >= 15 is 0 Å². The van der Waals surface area contributed by atoms with E-state index in [1.54, 1.807) is 48.3 Å². The first kappa shape index (κ1) is 17.6. The fraction of sp³-hybridized carbons (Fsp3) is 0.0556. The predicted molar refractivity (Wildman–Crippen MR) is 100 cm³/mol. The molecule has 6 nitrogen and oxygen atoms in total. The Labute approximate surface area is 157 Å². The van der Waals surface area contributed by atoms with E-state index in [-0.39, 0.29) is 0 Å². The van der Waals surface area contributed by atoms with Crippen molar-refractivity contribution in [1.29, 1.82) is 5.26 Å². The lowest BCUT2D eigenvalue weighted by atomic mass is 10.1. The molecule has 0 fully saturated rings. The second kappa shape index (κ2) is 7.37. The van der Waals surface area contributed by atoms with Gasteiger partial charge >= 0.3 is 6.03 Å². The largest absolute Gasteiger partial charge is 0.323 e. The van der Waals surface area contributed by atoms with E-state index in [1.165, 1.54) is 12.1 Å². The van der Waals surface area contributed by atoms with Gasteiger partial charge in [-0.2, -0.15) is 10.4 Å². The van der Waals surface area contributed by atoms with Gasteiger partial charge in [-0.1, -0.05) is 0 Å². The normalized spacial score (nSPS) is 10.2. The number of rotatable bonds is 3. The second-order valence-corrected chi connectivity index (χ2v) is 6.32. The van der Waals surface area contributed by atoms with Crippen LogP contribution in [0.1, 0.15) is 5.56 Å². The van der Waals surface area contributed by atoms with Gasteiger partial charge in [0.15, 0.2) is 0 Å². The highest BCUT2D eigenvalue weighted by molar-refractivity contribution is 9.10. The van der Waals surface area contributed by atoms with Gasteiger partial charge in [0.1, 0.15) is 5.82 Å². The molecule has 0 atom stereocenters. The molecule has 0 unspecified atom stereocenters. The maximum atomic E-state index is 14.0. The van der Waals surface area contributed by atoms with Crippen LogP contribution in [-0.4, -0.2) is 15.8 Å². The number of aromatic nitrogens is 2. The first-order valence-corrected chi connectivity index (χ1v) is 8.32. The Morgan fingerprint density at radius 1 is 1.19 bits per heavy atom. The van der Waals surface area contributed by atoms with Gasteiger partial charge in [-0.3, -0.25) is 4.68 Å². The number of carbonyl (C=O) groups is 1. The zero-order chi connectivity index (χ0) is 18.7. The van der Waals surface area contributed by atoms with Crippen molar-refractivity contribution in [3.05, 3.63) is 64.5 Å². The van der Waals surface area contributed by atoms with Crippen molar-refractivity contribution in [3.8, 4) is 17.3 Å². The monoisotopic (exact) mass is 413 g/mol. The van der Waals surface area contributed by atoms with Crippen LogP contribution in [0.25, 0.3) is 11.3 Å². The summed E-state index contributed by atoms with van der Waals surface area (Å²) in [5.41, 5.74) is 2.59. The molecule has 2 amide bonds. The molecule has 2 N–H and O–H groups in total. The molecule has 1 aromatic heterocycles. The fourth-order valence-electron chi connectivity index (χ4n) is 2.46. The smallest absolute Gasteiger partial charge is 0.308 e. The summed E-state index contributed by atoms with van der Waals surface area (Å²) in [5, 5.41) is 18.1. The fourth-order valence-corrected chi connectivity index (χ4v) is 3.03. The van der Waals surface area contributed by atoms with Crippen molar-refractivity contribution >= 4 is 33.3 Å². The number of nitriles is 1. The van der Waals surface area contributed by atoms with E-state index in [2.05, 4.69) is 31.7 Å². The molecule has 0 radical (unpaired) electrons. The zero-order valence-electron chi connectivity index (χ0n) is 13.6. The lowest BCUT2D eigenvalue weighted by Gasteiger charge is -2.10. The van der Waals surface area contributed by atoms with Crippen molar-refractivity contribution in [2.45, 2.75) is 0 Å². The van der Waals surface area contributed by atoms with E-state index in [1.807, 2.05) is 6.07 Å². The molecule has 0 aliphatic carbocycles. The van der Waals surface area contributed by atoms with Gasteiger partial charge in [-0.05, 0) is 58.4 Å². The van der Waals surface area contributed by atoms with Crippen molar-refractivity contribution in [3.63, 3.8) is 0 Å². The van der Waals surface area contributed by atoms with Crippen molar-refractivity contribution in [2.75, 3.05) is 10.6 Å². The van der Waals surface area contributed by atoms with Crippen LogP contribution in [0.5, 0.6) is 0 Å². The van der Waals surface area contributed by atoms with Crippen LogP contribution in [0.3, 0.4) is 0 Å². The summed E-state index contributed by atoms with van der Waals surface area (Å²) >= 11 is 3.38. The number of benzene rings is 2. The zero-order valence-corrected chi connectivity index (χ0v) is 15.2. The number of carbonyl (C=O) groups excluding carboxylic acids is 1. The van der Waals surface area contributed by atoms with Gasteiger partial charge < -0.3 is 10.6 Å². The molecular formula is C18H13BrFN5O. The van der Waals surface area contributed by atoms with Gasteiger partial charge in [0.25, 0.3) is 0 Å². The minimum absolute atomic E-state index is 0.305. The molecule has 0 aliphatic rings. The lowest BCUT2D eigenvalue weighted by molar-refractivity contribution is 0.262. The van der Waals surface area contributed by atoms with E-state index in [0.29, 0.717) is 28.2 Å². The molecule has 0 saturated carbocycles. The van der Waals surface area contributed by atoms with Crippen molar-refractivity contribution in [1.82, 2.24) is 9.78 Å². The first-order chi connectivity index (χ1) is 12.5. The Balaban J connectivity index is 1.79. The van der Waals surface area contributed by atoms with E-state index in [4.69, 9.17) is 5.26 Å². The van der Waals surface area contributed by atoms with Crippen LogP contribution in [-0.2, 0) is 7.05 Å². The summed E-state index contributed by atoms with van der Waals surface area (Å²) in [5.74, 6) is -0.482. The van der Waals surface area contributed by atoms with Crippen molar-refractivity contribution < 1.29 is 9.18 Å². The second-order valence-electron chi connectivity index (χ2n) is 5.46. The highest BCUT2D eigenvalue weighted by atomic mass is 79.9. The Kier molecular flexibility index (Phi) is 5.00. The average Bonchev–Trinajstić information content (AvgIpc) is 2.93. The molecule has 2 aromatic carbocycles. The molecule has 130 valence electrons. The highest BCUT2D eigenvalue weighted by Crippen LogP contribution is 2.30. The number of hydrogen-bond donors (Lipinski definition) is 2. The van der Waals surface area contributed by atoms with Gasteiger partial charge in [0.05, 0.1) is 28.0 Å². The summed E-state index contributed by atoms with van der Waals surface area (Å²) in [7, 11) is 1.75. The summed E-state index contributed by atoms with van der Waals surface area (Å²) in [6.07, 6.45) is 1.62. The molecule has 3 rings (SSSR count). The van der Waals surface area contributed by atoms with E-state index in [0.717, 1.165) is 4.47 Å². The Morgan fingerprint density at radius 3 is 2.50 bits per heavy atom. The first-order valence-electron chi connectivity index (χ1n) is 7.53. The number of nitrogens with one attached hydrogen (secondary N) is 2. The molecule has 8 heteroatoms. The molecule has 0 spiro atoms. The van der Waals surface area contributed by atoms with Crippen LogP contribution < -0.4 is 10.6 Å². The number of hydrogen-bond acceptors (Lipinski definition) is 3. The van der Waals surface area contributed by atoms with Gasteiger partial charge in [0, 0.05) is 24.0 Å². The summed E-state index contributed by atoms with van der Waals surface area (Å²) in [4.78, 5) is 12.1.